The van der Waals surface area contributed by atoms with Crippen LogP contribution in [0.2, 0.25) is 0 Å². The highest BCUT2D eigenvalue weighted by Crippen LogP contribution is 2.31. The molecule has 1 saturated heterocycles. The monoisotopic (exact) mass is 386 g/mol. The van der Waals surface area contributed by atoms with Crippen LogP contribution < -0.4 is 9.47 Å². The molecule has 2 aromatic rings. The van der Waals surface area contributed by atoms with E-state index in [1.165, 1.54) is 5.56 Å². The topological polar surface area (TPSA) is 59.8 Å². The molecule has 152 valence electrons. The van der Waals surface area contributed by atoms with Gasteiger partial charge in [-0.25, -0.2) is 0 Å². The third-order valence-corrected chi connectivity index (χ3v) is 5.02. The van der Waals surface area contributed by atoms with E-state index in [4.69, 9.17) is 9.47 Å². The number of hydrogen-bond donors (Lipinski definition) is 0. The molecular weight excluding hydrogens is 356 g/mol. The van der Waals surface area contributed by atoms with Gasteiger partial charge in [0, 0.05) is 44.5 Å². The van der Waals surface area contributed by atoms with Gasteiger partial charge < -0.3 is 14.4 Å². The van der Waals surface area contributed by atoms with Crippen LogP contribution in [0.5, 0.6) is 11.5 Å². The molecule has 28 heavy (non-hydrogen) atoms. The Labute approximate surface area is 166 Å². The SMILES string of the molecule is COc1cccc(C(=O)N2CCN(Cc3cnn(C(C)(C)C)c3)CC2)c1OC. The average molecular weight is 386 g/mol. The van der Waals surface area contributed by atoms with Gasteiger partial charge in [-0.3, -0.25) is 14.4 Å². The number of carbonyl (C=O) groups excluding carboxylic acids is 1. The summed E-state index contributed by atoms with van der Waals surface area (Å²) in [5, 5.41) is 4.47. The Morgan fingerprint density at radius 3 is 2.39 bits per heavy atom. The minimum atomic E-state index is -0.0176. The Morgan fingerprint density at radius 2 is 1.82 bits per heavy atom. The largest absolute Gasteiger partial charge is 0.493 e. The molecule has 1 aliphatic rings. The fourth-order valence-corrected chi connectivity index (χ4v) is 3.40. The third kappa shape index (κ3) is 4.30. The first kappa shape index (κ1) is 20.2. The molecule has 1 aromatic heterocycles. The second-order valence-corrected chi connectivity index (χ2v) is 8.07. The minimum absolute atomic E-state index is 0.0147. The fraction of sp³-hybridized carbons (Fsp3) is 0.524. The number of nitrogens with zero attached hydrogens (tertiary/aromatic N) is 4. The number of ether oxygens (including phenoxy) is 2. The normalized spacial score (nSPS) is 15.5. The van der Waals surface area contributed by atoms with E-state index < -0.39 is 0 Å². The summed E-state index contributed by atoms with van der Waals surface area (Å²) in [5.41, 5.74) is 1.73. The smallest absolute Gasteiger partial charge is 0.257 e. The lowest BCUT2D eigenvalue weighted by molar-refractivity contribution is 0.0624. The lowest BCUT2D eigenvalue weighted by atomic mass is 10.1. The molecule has 1 amide bonds. The number of methoxy groups -OCH3 is 2. The van der Waals surface area contributed by atoms with Crippen LogP contribution >= 0.6 is 0 Å². The maximum atomic E-state index is 13.0. The molecule has 1 fully saturated rings. The zero-order valence-electron chi connectivity index (χ0n) is 17.4. The first-order chi connectivity index (χ1) is 13.3. The predicted octanol–water partition coefficient (Wildman–Crippen LogP) is 2.61. The predicted molar refractivity (Wildman–Crippen MR) is 108 cm³/mol. The maximum Gasteiger partial charge on any atom is 0.257 e. The van der Waals surface area contributed by atoms with E-state index in [0.29, 0.717) is 30.2 Å². The van der Waals surface area contributed by atoms with Crippen molar-refractivity contribution in [3.8, 4) is 11.5 Å². The van der Waals surface area contributed by atoms with E-state index in [1.807, 2.05) is 21.8 Å². The summed E-state index contributed by atoms with van der Waals surface area (Å²) in [4.78, 5) is 17.2. The van der Waals surface area contributed by atoms with Gasteiger partial charge in [0.25, 0.3) is 5.91 Å². The molecule has 0 unspecified atom stereocenters. The number of piperazine rings is 1. The molecule has 1 aromatic carbocycles. The molecule has 0 spiro atoms. The van der Waals surface area contributed by atoms with Gasteiger partial charge in [-0.15, -0.1) is 0 Å². The van der Waals surface area contributed by atoms with Crippen LogP contribution in [0.15, 0.2) is 30.6 Å². The van der Waals surface area contributed by atoms with Crippen molar-refractivity contribution in [1.82, 2.24) is 19.6 Å². The van der Waals surface area contributed by atoms with Crippen LogP contribution in [0.1, 0.15) is 36.7 Å². The van der Waals surface area contributed by atoms with Crippen LogP contribution in [-0.4, -0.2) is 65.9 Å². The summed E-state index contributed by atoms with van der Waals surface area (Å²) in [5.74, 6) is 1.05. The Hall–Kier alpha value is -2.54. The van der Waals surface area contributed by atoms with Crippen molar-refractivity contribution in [2.45, 2.75) is 32.9 Å². The number of amides is 1. The van der Waals surface area contributed by atoms with Crippen LogP contribution in [0.4, 0.5) is 0 Å². The highest BCUT2D eigenvalue weighted by molar-refractivity contribution is 5.97. The number of aromatic nitrogens is 2. The van der Waals surface area contributed by atoms with Crippen molar-refractivity contribution < 1.29 is 14.3 Å². The van der Waals surface area contributed by atoms with Crippen molar-refractivity contribution in [2.24, 2.45) is 0 Å². The Kier molecular flexibility index (Phi) is 5.93. The molecule has 7 nitrogen and oxygen atoms in total. The number of rotatable bonds is 5. The fourth-order valence-electron chi connectivity index (χ4n) is 3.40. The van der Waals surface area contributed by atoms with Crippen molar-refractivity contribution in [1.29, 1.82) is 0 Å². The number of benzene rings is 1. The summed E-state index contributed by atoms with van der Waals surface area (Å²) >= 11 is 0. The van der Waals surface area contributed by atoms with Crippen LogP contribution in [0, 0.1) is 0 Å². The Balaban J connectivity index is 1.61. The standard InChI is InChI=1S/C21H30N4O3/c1-21(2,3)25-15-16(13-22-25)14-23-9-11-24(12-10-23)20(26)17-7-6-8-18(27-4)19(17)28-5/h6-8,13,15H,9-12,14H2,1-5H3. The molecule has 1 aliphatic heterocycles. The van der Waals surface area contributed by atoms with E-state index in [0.717, 1.165) is 19.6 Å². The summed E-state index contributed by atoms with van der Waals surface area (Å²) in [6.07, 6.45) is 4.04. The first-order valence-corrected chi connectivity index (χ1v) is 9.60. The molecule has 0 N–H and O–H groups in total. The zero-order chi connectivity index (χ0) is 20.3. The van der Waals surface area contributed by atoms with Crippen molar-refractivity contribution in [2.75, 3.05) is 40.4 Å². The van der Waals surface area contributed by atoms with E-state index in [9.17, 15) is 4.79 Å². The molecule has 7 heteroatoms. The van der Waals surface area contributed by atoms with Crippen molar-refractivity contribution in [3.63, 3.8) is 0 Å². The third-order valence-electron chi connectivity index (χ3n) is 5.02. The molecule has 0 saturated carbocycles. The summed E-state index contributed by atoms with van der Waals surface area (Å²) < 4.78 is 12.7. The van der Waals surface area contributed by atoms with Gasteiger partial charge in [-0.05, 0) is 32.9 Å². The molecule has 3 rings (SSSR count). The summed E-state index contributed by atoms with van der Waals surface area (Å²) in [6, 6.07) is 5.40. The molecule has 0 bridgehead atoms. The first-order valence-electron chi connectivity index (χ1n) is 9.60. The average Bonchev–Trinajstić information content (AvgIpc) is 3.16. The van der Waals surface area contributed by atoms with Crippen LogP contribution in [-0.2, 0) is 12.1 Å². The maximum absolute atomic E-state index is 13.0. The van der Waals surface area contributed by atoms with Crippen molar-refractivity contribution >= 4 is 5.91 Å². The van der Waals surface area contributed by atoms with Gasteiger partial charge >= 0.3 is 0 Å². The van der Waals surface area contributed by atoms with E-state index in [-0.39, 0.29) is 11.4 Å². The highest BCUT2D eigenvalue weighted by Gasteiger charge is 2.26. The van der Waals surface area contributed by atoms with Gasteiger partial charge in [0.1, 0.15) is 0 Å². The lowest BCUT2D eigenvalue weighted by Gasteiger charge is -2.34. The molecule has 0 atom stereocenters. The molecule has 0 aliphatic carbocycles. The minimum Gasteiger partial charge on any atom is -0.493 e. The zero-order valence-corrected chi connectivity index (χ0v) is 17.4. The van der Waals surface area contributed by atoms with Gasteiger partial charge in [-0.2, -0.15) is 5.10 Å². The quantitative estimate of drug-likeness (QED) is 0.791. The second kappa shape index (κ2) is 8.22. The second-order valence-electron chi connectivity index (χ2n) is 8.07. The number of carbonyl (C=O) groups is 1. The molecule has 0 radical (unpaired) electrons. The summed E-state index contributed by atoms with van der Waals surface area (Å²) in [7, 11) is 3.14. The van der Waals surface area contributed by atoms with E-state index >= 15 is 0 Å². The Morgan fingerprint density at radius 1 is 1.11 bits per heavy atom. The highest BCUT2D eigenvalue weighted by atomic mass is 16.5. The number of para-hydroxylation sites is 1. The molecule has 2 heterocycles. The number of hydrogen-bond acceptors (Lipinski definition) is 5. The molecular formula is C21H30N4O3. The van der Waals surface area contributed by atoms with Gasteiger partial charge in [0.2, 0.25) is 0 Å². The Bertz CT molecular complexity index is 817. The van der Waals surface area contributed by atoms with Gasteiger partial charge in [0.15, 0.2) is 11.5 Å². The van der Waals surface area contributed by atoms with E-state index in [2.05, 4.69) is 37.0 Å². The van der Waals surface area contributed by atoms with Crippen LogP contribution in [0.3, 0.4) is 0 Å². The van der Waals surface area contributed by atoms with Gasteiger partial charge in [0.05, 0.1) is 31.5 Å². The summed E-state index contributed by atoms with van der Waals surface area (Å²) in [6.45, 7) is 10.3. The van der Waals surface area contributed by atoms with Gasteiger partial charge in [-0.1, -0.05) is 6.07 Å². The lowest BCUT2D eigenvalue weighted by Crippen LogP contribution is -2.48. The van der Waals surface area contributed by atoms with Crippen molar-refractivity contribution in [3.05, 3.63) is 41.7 Å². The van der Waals surface area contributed by atoms with E-state index in [1.54, 1.807) is 26.4 Å². The van der Waals surface area contributed by atoms with Crippen LogP contribution in [0.25, 0.3) is 0 Å².